The lowest BCUT2D eigenvalue weighted by molar-refractivity contribution is 0.0949. The summed E-state index contributed by atoms with van der Waals surface area (Å²) in [6, 6.07) is 2.99. The third-order valence-electron chi connectivity index (χ3n) is 2.15. The molecule has 2 N–H and O–H groups in total. The molecule has 0 radical (unpaired) electrons. The molecule has 88 valence electrons. The van der Waals surface area contributed by atoms with Crippen LogP contribution in [0.4, 0.5) is 8.78 Å². The largest absolute Gasteiger partial charge is 0.347 e. The van der Waals surface area contributed by atoms with Gasteiger partial charge in [-0.05, 0) is 18.2 Å². The molecule has 1 aromatic heterocycles. The van der Waals surface area contributed by atoms with E-state index in [9.17, 15) is 13.6 Å². The standard InChI is InChI=1S/C11H9F2N3O/c12-8-2-1-7(5-9(8)13)11(17)16-6-10-14-3-4-15-10/h1-5H,6H2,(H,14,15)(H,16,17). The van der Waals surface area contributed by atoms with Crippen molar-refractivity contribution < 1.29 is 13.6 Å². The minimum atomic E-state index is -1.05. The zero-order valence-corrected chi connectivity index (χ0v) is 8.71. The van der Waals surface area contributed by atoms with E-state index in [-0.39, 0.29) is 12.1 Å². The van der Waals surface area contributed by atoms with Gasteiger partial charge in [0.2, 0.25) is 0 Å². The van der Waals surface area contributed by atoms with Crippen LogP contribution in [0.5, 0.6) is 0 Å². The Bertz CT molecular complexity index is 526. The molecule has 0 aliphatic heterocycles. The van der Waals surface area contributed by atoms with E-state index in [1.54, 1.807) is 12.4 Å². The number of rotatable bonds is 3. The van der Waals surface area contributed by atoms with E-state index in [0.29, 0.717) is 5.82 Å². The number of hydrogen-bond donors (Lipinski definition) is 2. The topological polar surface area (TPSA) is 57.8 Å². The molecular weight excluding hydrogens is 228 g/mol. The third kappa shape index (κ3) is 2.66. The molecule has 17 heavy (non-hydrogen) atoms. The number of nitrogens with zero attached hydrogens (tertiary/aromatic N) is 1. The molecular formula is C11H9F2N3O. The van der Waals surface area contributed by atoms with Crippen LogP contribution in [-0.4, -0.2) is 15.9 Å². The van der Waals surface area contributed by atoms with Crippen LogP contribution < -0.4 is 5.32 Å². The number of hydrogen-bond acceptors (Lipinski definition) is 2. The Hall–Kier alpha value is -2.24. The van der Waals surface area contributed by atoms with Gasteiger partial charge in [-0.2, -0.15) is 0 Å². The number of aromatic nitrogens is 2. The van der Waals surface area contributed by atoms with Crippen LogP contribution in [0.15, 0.2) is 30.6 Å². The SMILES string of the molecule is O=C(NCc1ncc[nH]1)c1ccc(F)c(F)c1. The number of imidazole rings is 1. The van der Waals surface area contributed by atoms with Gasteiger partial charge in [0.15, 0.2) is 11.6 Å². The molecule has 0 aliphatic carbocycles. The summed E-state index contributed by atoms with van der Waals surface area (Å²) >= 11 is 0. The predicted octanol–water partition coefficient (Wildman–Crippen LogP) is 1.62. The average Bonchev–Trinajstić information content (AvgIpc) is 2.82. The molecule has 6 heteroatoms. The second-order valence-corrected chi connectivity index (χ2v) is 3.35. The fourth-order valence-corrected chi connectivity index (χ4v) is 1.30. The Kier molecular flexibility index (Phi) is 3.13. The minimum Gasteiger partial charge on any atom is -0.347 e. The van der Waals surface area contributed by atoms with Crippen molar-refractivity contribution in [1.29, 1.82) is 0 Å². The molecule has 0 unspecified atom stereocenters. The maximum absolute atomic E-state index is 12.9. The summed E-state index contributed by atoms with van der Waals surface area (Å²) in [5.74, 6) is -1.93. The van der Waals surface area contributed by atoms with Crippen LogP contribution in [0.2, 0.25) is 0 Å². The highest BCUT2D eigenvalue weighted by molar-refractivity contribution is 5.94. The van der Waals surface area contributed by atoms with Gasteiger partial charge < -0.3 is 10.3 Å². The zero-order valence-electron chi connectivity index (χ0n) is 8.71. The Balaban J connectivity index is 2.02. The molecule has 2 aromatic rings. The van der Waals surface area contributed by atoms with Crippen LogP contribution in [-0.2, 0) is 6.54 Å². The summed E-state index contributed by atoms with van der Waals surface area (Å²) in [5, 5.41) is 2.53. The number of benzene rings is 1. The van der Waals surface area contributed by atoms with Crippen LogP contribution in [0, 0.1) is 11.6 Å². The van der Waals surface area contributed by atoms with Crippen molar-refractivity contribution in [2.24, 2.45) is 0 Å². The number of nitrogens with one attached hydrogen (secondary N) is 2. The van der Waals surface area contributed by atoms with E-state index in [1.165, 1.54) is 6.07 Å². The maximum atomic E-state index is 12.9. The van der Waals surface area contributed by atoms with E-state index in [2.05, 4.69) is 15.3 Å². The van der Waals surface area contributed by atoms with Crippen molar-refractivity contribution in [3.05, 3.63) is 53.6 Å². The van der Waals surface area contributed by atoms with Crippen molar-refractivity contribution in [1.82, 2.24) is 15.3 Å². The summed E-state index contributed by atoms with van der Waals surface area (Å²) in [6.45, 7) is 0.199. The highest BCUT2D eigenvalue weighted by Crippen LogP contribution is 2.08. The molecule has 0 bridgehead atoms. The Morgan fingerprint density at radius 3 is 2.82 bits per heavy atom. The Morgan fingerprint density at radius 2 is 2.18 bits per heavy atom. The van der Waals surface area contributed by atoms with Crippen LogP contribution in [0.1, 0.15) is 16.2 Å². The van der Waals surface area contributed by atoms with E-state index < -0.39 is 17.5 Å². The van der Waals surface area contributed by atoms with E-state index in [1.807, 2.05) is 0 Å². The number of carbonyl (C=O) groups is 1. The van der Waals surface area contributed by atoms with Gasteiger partial charge in [-0.3, -0.25) is 4.79 Å². The second kappa shape index (κ2) is 4.73. The van der Waals surface area contributed by atoms with Gasteiger partial charge in [0, 0.05) is 18.0 Å². The molecule has 4 nitrogen and oxygen atoms in total. The average molecular weight is 237 g/mol. The van der Waals surface area contributed by atoms with Crippen LogP contribution in [0.3, 0.4) is 0 Å². The summed E-state index contributed by atoms with van der Waals surface area (Å²) < 4.78 is 25.5. The van der Waals surface area contributed by atoms with Crippen molar-refractivity contribution >= 4 is 5.91 Å². The smallest absolute Gasteiger partial charge is 0.251 e. The summed E-state index contributed by atoms with van der Waals surface area (Å²) in [6.07, 6.45) is 3.18. The number of aromatic amines is 1. The van der Waals surface area contributed by atoms with Crippen molar-refractivity contribution in [3.63, 3.8) is 0 Å². The first kappa shape index (κ1) is 11.3. The van der Waals surface area contributed by atoms with Gasteiger partial charge in [-0.15, -0.1) is 0 Å². The Labute approximate surface area is 95.7 Å². The molecule has 2 rings (SSSR count). The van der Waals surface area contributed by atoms with E-state index >= 15 is 0 Å². The molecule has 0 fully saturated rings. The molecule has 0 aliphatic rings. The molecule has 0 atom stereocenters. The van der Waals surface area contributed by atoms with Gasteiger partial charge in [0.25, 0.3) is 5.91 Å². The van der Waals surface area contributed by atoms with Gasteiger partial charge in [-0.25, -0.2) is 13.8 Å². The molecule has 1 amide bonds. The minimum absolute atomic E-state index is 0.0652. The molecule has 1 heterocycles. The highest BCUT2D eigenvalue weighted by atomic mass is 19.2. The Morgan fingerprint density at radius 1 is 1.35 bits per heavy atom. The molecule has 0 spiro atoms. The predicted molar refractivity (Wildman–Crippen MR) is 56.1 cm³/mol. The van der Waals surface area contributed by atoms with Gasteiger partial charge in [-0.1, -0.05) is 0 Å². The number of carbonyl (C=O) groups excluding carboxylic acids is 1. The van der Waals surface area contributed by atoms with Crippen molar-refractivity contribution in [3.8, 4) is 0 Å². The van der Waals surface area contributed by atoms with Crippen molar-refractivity contribution in [2.45, 2.75) is 6.54 Å². The number of H-pyrrole nitrogens is 1. The zero-order chi connectivity index (χ0) is 12.3. The first-order valence-corrected chi connectivity index (χ1v) is 4.88. The number of halogens is 2. The number of amides is 1. The molecule has 0 saturated heterocycles. The molecule has 1 aromatic carbocycles. The fourth-order valence-electron chi connectivity index (χ4n) is 1.30. The summed E-state index contributed by atoms with van der Waals surface area (Å²) in [5.41, 5.74) is 0.0652. The van der Waals surface area contributed by atoms with Crippen LogP contribution >= 0.6 is 0 Å². The van der Waals surface area contributed by atoms with Crippen LogP contribution in [0.25, 0.3) is 0 Å². The summed E-state index contributed by atoms with van der Waals surface area (Å²) in [7, 11) is 0. The van der Waals surface area contributed by atoms with E-state index in [4.69, 9.17) is 0 Å². The fraction of sp³-hybridized carbons (Fsp3) is 0.0909. The lowest BCUT2D eigenvalue weighted by Gasteiger charge is -2.03. The second-order valence-electron chi connectivity index (χ2n) is 3.35. The van der Waals surface area contributed by atoms with Gasteiger partial charge >= 0.3 is 0 Å². The lowest BCUT2D eigenvalue weighted by atomic mass is 10.2. The molecule has 0 saturated carbocycles. The maximum Gasteiger partial charge on any atom is 0.251 e. The summed E-state index contributed by atoms with van der Waals surface area (Å²) in [4.78, 5) is 18.3. The lowest BCUT2D eigenvalue weighted by Crippen LogP contribution is -2.23. The first-order valence-electron chi connectivity index (χ1n) is 4.88. The first-order chi connectivity index (χ1) is 8.16. The van der Waals surface area contributed by atoms with Gasteiger partial charge in [0.1, 0.15) is 5.82 Å². The van der Waals surface area contributed by atoms with E-state index in [0.717, 1.165) is 12.1 Å². The quantitative estimate of drug-likeness (QED) is 0.852. The normalized spacial score (nSPS) is 10.2. The highest BCUT2D eigenvalue weighted by Gasteiger charge is 2.09. The third-order valence-corrected chi connectivity index (χ3v) is 2.15. The van der Waals surface area contributed by atoms with Crippen molar-refractivity contribution in [2.75, 3.05) is 0 Å². The monoisotopic (exact) mass is 237 g/mol. The van der Waals surface area contributed by atoms with Gasteiger partial charge in [0.05, 0.1) is 6.54 Å².